The van der Waals surface area contributed by atoms with Crippen LogP contribution in [0.3, 0.4) is 0 Å². The summed E-state index contributed by atoms with van der Waals surface area (Å²) in [6, 6.07) is 0. The number of hydrogen-bond acceptors (Lipinski definition) is 7. The van der Waals surface area contributed by atoms with Crippen LogP contribution in [0.15, 0.2) is 109 Å². The summed E-state index contributed by atoms with van der Waals surface area (Å²) in [5, 5.41) is 9.69. The molecular formula is C60H100NO8+. The molecule has 0 fully saturated rings. The fraction of sp³-hybridized carbons (Fsp3) is 0.650. The maximum Gasteiger partial charge on any atom is 0.361 e. The summed E-state index contributed by atoms with van der Waals surface area (Å²) in [4.78, 5) is 37.4. The normalized spacial score (nSPS) is 13.7. The van der Waals surface area contributed by atoms with E-state index in [-0.39, 0.29) is 38.6 Å². The number of carboxylic acid groups (broad SMARTS) is 1. The maximum atomic E-state index is 12.9. The number of unbranched alkanes of at least 4 members (excludes halogenated alkanes) is 15. The molecule has 69 heavy (non-hydrogen) atoms. The maximum absolute atomic E-state index is 12.9. The molecule has 392 valence electrons. The molecule has 0 aromatic heterocycles. The Morgan fingerprint density at radius 3 is 1.16 bits per heavy atom. The van der Waals surface area contributed by atoms with Gasteiger partial charge in [-0.2, -0.15) is 0 Å². The van der Waals surface area contributed by atoms with Gasteiger partial charge in [-0.15, -0.1) is 0 Å². The summed E-state index contributed by atoms with van der Waals surface area (Å²) in [6.45, 7) is 4.61. The van der Waals surface area contributed by atoms with E-state index in [1.807, 2.05) is 21.1 Å². The van der Waals surface area contributed by atoms with Gasteiger partial charge < -0.3 is 28.5 Å². The van der Waals surface area contributed by atoms with Crippen LogP contribution in [0.5, 0.6) is 0 Å². The molecule has 2 atom stereocenters. The minimum absolute atomic E-state index is 0.178. The number of carbonyl (C=O) groups is 3. The molecule has 0 rings (SSSR count). The summed E-state index contributed by atoms with van der Waals surface area (Å²) < 4.78 is 22.8. The number of hydrogen-bond donors (Lipinski definition) is 1. The minimum Gasteiger partial charge on any atom is -0.477 e. The van der Waals surface area contributed by atoms with Crippen molar-refractivity contribution in [1.82, 2.24) is 0 Å². The second-order valence-electron chi connectivity index (χ2n) is 18.8. The smallest absolute Gasteiger partial charge is 0.361 e. The number of ether oxygens (including phenoxy) is 4. The number of nitrogens with zero attached hydrogens (tertiary/aromatic N) is 1. The number of carboxylic acids is 1. The molecule has 9 heteroatoms. The standard InChI is InChI=1S/C60H99NO8/c1-6-8-10-12-14-16-18-20-22-24-25-26-27-28-29-30-31-32-33-35-37-39-41-43-45-47-49-51-58(63)69-56(55-68-60(59(64)65)66-53-52-61(3,4)5)54-67-57(62)50-48-46-44-42-40-38-36-34-23-21-19-17-15-13-11-9-7-2/h8-11,14-17,20-23,25-26,28-29,31-32,56,60H,6-7,12-13,18-19,24,27,30,33-55H2,1-5H3/p+1/b10-8-,11-9-,16-14-,17-15-,22-20-,23-21-,26-25-,29-28-,32-31-. The molecule has 0 aliphatic carbocycles. The summed E-state index contributed by atoms with van der Waals surface area (Å²) in [5.41, 5.74) is 0. The van der Waals surface area contributed by atoms with E-state index in [0.717, 1.165) is 116 Å². The van der Waals surface area contributed by atoms with E-state index in [2.05, 4.69) is 123 Å². The van der Waals surface area contributed by atoms with Gasteiger partial charge in [0.05, 0.1) is 34.4 Å². The van der Waals surface area contributed by atoms with Crippen molar-refractivity contribution < 1.29 is 42.9 Å². The summed E-state index contributed by atoms with van der Waals surface area (Å²) in [5.74, 6) is -2.04. The van der Waals surface area contributed by atoms with Crippen LogP contribution >= 0.6 is 0 Å². The first-order valence-electron chi connectivity index (χ1n) is 27.1. The summed E-state index contributed by atoms with van der Waals surface area (Å²) in [6.07, 6.45) is 65.8. The van der Waals surface area contributed by atoms with Gasteiger partial charge in [-0.3, -0.25) is 9.59 Å². The van der Waals surface area contributed by atoms with Crippen LogP contribution in [0, 0.1) is 0 Å². The zero-order valence-corrected chi connectivity index (χ0v) is 44.4. The van der Waals surface area contributed by atoms with E-state index < -0.39 is 24.3 Å². The Kier molecular flexibility index (Phi) is 47.4. The van der Waals surface area contributed by atoms with Gasteiger partial charge in [0.25, 0.3) is 6.29 Å². The number of allylic oxidation sites excluding steroid dienone is 18. The molecule has 9 nitrogen and oxygen atoms in total. The SMILES string of the molecule is CC/C=C\C/C=C\C/C=C\C/C=C\C/C=C\C/C=C\CCCCCCCCCCC(=O)OC(COC(=O)CCCCCCCCC/C=C\C/C=C\C/C=C\CC)COC(OCC[N+](C)(C)C)C(=O)O. The van der Waals surface area contributed by atoms with Crippen molar-refractivity contribution in [2.75, 3.05) is 47.5 Å². The van der Waals surface area contributed by atoms with Crippen molar-refractivity contribution in [1.29, 1.82) is 0 Å². The van der Waals surface area contributed by atoms with Gasteiger partial charge in [0.15, 0.2) is 6.10 Å². The molecule has 0 aliphatic rings. The molecule has 2 unspecified atom stereocenters. The number of likely N-dealkylation sites (N-methyl/N-ethyl adjacent to an activating group) is 1. The van der Waals surface area contributed by atoms with Crippen molar-refractivity contribution in [3.63, 3.8) is 0 Å². The van der Waals surface area contributed by atoms with Gasteiger partial charge in [-0.25, -0.2) is 4.79 Å². The third-order valence-electron chi connectivity index (χ3n) is 11.0. The van der Waals surface area contributed by atoms with Crippen molar-refractivity contribution in [3.05, 3.63) is 109 Å². The summed E-state index contributed by atoms with van der Waals surface area (Å²) >= 11 is 0. The number of quaternary nitrogens is 1. The van der Waals surface area contributed by atoms with Crippen LogP contribution in [0.1, 0.15) is 194 Å². The number of carbonyl (C=O) groups excluding carboxylic acids is 2. The number of esters is 2. The Balaban J connectivity index is 4.34. The zero-order valence-electron chi connectivity index (χ0n) is 44.4. The molecule has 0 aromatic rings. The molecule has 0 radical (unpaired) electrons. The average Bonchev–Trinajstić information content (AvgIpc) is 3.31. The highest BCUT2D eigenvalue weighted by Crippen LogP contribution is 2.14. The number of rotatable bonds is 48. The molecule has 0 heterocycles. The van der Waals surface area contributed by atoms with Crippen molar-refractivity contribution >= 4 is 17.9 Å². The van der Waals surface area contributed by atoms with Gasteiger partial charge in [-0.1, -0.05) is 194 Å². The van der Waals surface area contributed by atoms with E-state index in [4.69, 9.17) is 18.9 Å². The van der Waals surface area contributed by atoms with Gasteiger partial charge in [0.1, 0.15) is 13.2 Å². The van der Waals surface area contributed by atoms with Crippen molar-refractivity contribution in [2.45, 2.75) is 206 Å². The van der Waals surface area contributed by atoms with Crippen LogP contribution in [0.25, 0.3) is 0 Å². The second-order valence-corrected chi connectivity index (χ2v) is 18.8. The highest BCUT2D eigenvalue weighted by atomic mass is 16.7. The topological polar surface area (TPSA) is 108 Å². The monoisotopic (exact) mass is 963 g/mol. The van der Waals surface area contributed by atoms with Gasteiger partial charge >= 0.3 is 17.9 Å². The molecule has 0 saturated carbocycles. The Morgan fingerprint density at radius 2 is 0.783 bits per heavy atom. The Bertz CT molecular complexity index is 1490. The fourth-order valence-electron chi connectivity index (χ4n) is 6.91. The van der Waals surface area contributed by atoms with E-state index in [0.29, 0.717) is 17.4 Å². The lowest BCUT2D eigenvalue weighted by Crippen LogP contribution is -2.40. The van der Waals surface area contributed by atoms with Crippen LogP contribution < -0.4 is 0 Å². The van der Waals surface area contributed by atoms with E-state index >= 15 is 0 Å². The molecule has 0 aliphatic heterocycles. The van der Waals surface area contributed by atoms with E-state index in [9.17, 15) is 19.5 Å². The number of aliphatic carboxylic acids is 1. The first kappa shape index (κ1) is 65.0. The van der Waals surface area contributed by atoms with Crippen LogP contribution in [0.4, 0.5) is 0 Å². The van der Waals surface area contributed by atoms with Crippen LogP contribution in [0.2, 0.25) is 0 Å². The van der Waals surface area contributed by atoms with E-state index in [1.54, 1.807) is 0 Å². The Labute approximate surface area is 422 Å². The largest absolute Gasteiger partial charge is 0.477 e. The van der Waals surface area contributed by atoms with Crippen LogP contribution in [-0.2, 0) is 33.3 Å². The molecule has 0 aromatic carbocycles. The molecule has 0 saturated heterocycles. The first-order valence-corrected chi connectivity index (χ1v) is 27.1. The van der Waals surface area contributed by atoms with Gasteiger partial charge in [0.2, 0.25) is 0 Å². The van der Waals surface area contributed by atoms with Crippen molar-refractivity contribution in [2.24, 2.45) is 0 Å². The van der Waals surface area contributed by atoms with Crippen molar-refractivity contribution in [3.8, 4) is 0 Å². The highest BCUT2D eigenvalue weighted by molar-refractivity contribution is 5.71. The summed E-state index contributed by atoms with van der Waals surface area (Å²) in [7, 11) is 5.95. The molecular weight excluding hydrogens is 863 g/mol. The highest BCUT2D eigenvalue weighted by Gasteiger charge is 2.25. The minimum atomic E-state index is -1.52. The van der Waals surface area contributed by atoms with Gasteiger partial charge in [0, 0.05) is 12.8 Å². The predicted molar refractivity (Wildman–Crippen MR) is 290 cm³/mol. The lowest BCUT2D eigenvalue weighted by Gasteiger charge is -2.25. The lowest BCUT2D eigenvalue weighted by atomic mass is 10.1. The third kappa shape index (κ3) is 51.6. The lowest BCUT2D eigenvalue weighted by molar-refractivity contribution is -0.870. The predicted octanol–water partition coefficient (Wildman–Crippen LogP) is 15.6. The molecule has 1 N–H and O–H groups in total. The van der Waals surface area contributed by atoms with Crippen LogP contribution in [-0.4, -0.2) is 87.4 Å². The Morgan fingerprint density at radius 1 is 0.435 bits per heavy atom. The quantitative estimate of drug-likeness (QED) is 0.0211. The first-order chi connectivity index (χ1) is 33.6. The van der Waals surface area contributed by atoms with E-state index in [1.165, 1.54) is 44.9 Å². The average molecular weight is 963 g/mol. The van der Waals surface area contributed by atoms with Gasteiger partial charge in [-0.05, 0) is 96.3 Å². The molecule has 0 bridgehead atoms. The second kappa shape index (κ2) is 50.3. The fourth-order valence-corrected chi connectivity index (χ4v) is 6.91. The third-order valence-corrected chi connectivity index (χ3v) is 11.0. The zero-order chi connectivity index (χ0) is 50.6. The Hall–Kier alpha value is -4.05. The molecule has 0 spiro atoms. The molecule has 0 amide bonds.